The molecule has 0 radical (unpaired) electrons. The summed E-state index contributed by atoms with van der Waals surface area (Å²) in [6, 6.07) is 9.72. The minimum absolute atomic E-state index is 0.599. The Bertz CT molecular complexity index is 694. The Morgan fingerprint density at radius 2 is 2.00 bits per heavy atom. The van der Waals surface area contributed by atoms with Crippen molar-refractivity contribution in [2.24, 2.45) is 0 Å². The predicted octanol–water partition coefficient (Wildman–Crippen LogP) is 2.28. The van der Waals surface area contributed by atoms with Crippen LogP contribution in [-0.4, -0.2) is 26.9 Å². The van der Waals surface area contributed by atoms with Gasteiger partial charge in [-0.1, -0.05) is 0 Å². The monoisotopic (exact) mass is 281 g/mol. The predicted molar refractivity (Wildman–Crippen MR) is 79.5 cm³/mol. The summed E-state index contributed by atoms with van der Waals surface area (Å²) in [5, 5.41) is 7.69. The fourth-order valence-electron chi connectivity index (χ4n) is 1.91. The van der Waals surface area contributed by atoms with Crippen molar-refractivity contribution >= 4 is 5.82 Å². The number of benzene rings is 1. The van der Waals surface area contributed by atoms with Gasteiger partial charge in [-0.3, -0.25) is 4.98 Å². The summed E-state index contributed by atoms with van der Waals surface area (Å²) in [7, 11) is 1.65. The fourth-order valence-corrected chi connectivity index (χ4v) is 1.91. The van der Waals surface area contributed by atoms with Crippen LogP contribution in [0.1, 0.15) is 5.69 Å². The van der Waals surface area contributed by atoms with Gasteiger partial charge in [-0.15, -0.1) is 0 Å². The molecule has 0 saturated carbocycles. The average Bonchev–Trinajstić information content (AvgIpc) is 3.03. The molecular formula is C15H15N5O. The summed E-state index contributed by atoms with van der Waals surface area (Å²) < 4.78 is 6.97. The van der Waals surface area contributed by atoms with Gasteiger partial charge in [-0.05, 0) is 30.3 Å². The van der Waals surface area contributed by atoms with E-state index in [1.807, 2.05) is 41.2 Å². The van der Waals surface area contributed by atoms with Crippen LogP contribution in [-0.2, 0) is 6.54 Å². The number of hydrogen-bond donors (Lipinski definition) is 1. The van der Waals surface area contributed by atoms with E-state index in [-0.39, 0.29) is 0 Å². The zero-order valence-corrected chi connectivity index (χ0v) is 11.6. The van der Waals surface area contributed by atoms with E-state index >= 15 is 0 Å². The largest absolute Gasteiger partial charge is 0.497 e. The first-order valence-corrected chi connectivity index (χ1v) is 6.54. The van der Waals surface area contributed by atoms with Crippen LogP contribution >= 0.6 is 0 Å². The first-order chi connectivity index (χ1) is 10.3. The van der Waals surface area contributed by atoms with Crippen molar-refractivity contribution in [2.75, 3.05) is 12.4 Å². The highest BCUT2D eigenvalue weighted by Crippen LogP contribution is 2.14. The third-order valence-electron chi connectivity index (χ3n) is 3.00. The van der Waals surface area contributed by atoms with E-state index in [1.54, 1.807) is 25.7 Å². The van der Waals surface area contributed by atoms with Crippen LogP contribution in [0.25, 0.3) is 5.69 Å². The maximum absolute atomic E-state index is 5.15. The molecule has 0 spiro atoms. The van der Waals surface area contributed by atoms with Crippen LogP contribution in [0, 0.1) is 0 Å². The summed E-state index contributed by atoms with van der Waals surface area (Å²) in [6.07, 6.45) is 6.90. The van der Waals surface area contributed by atoms with Gasteiger partial charge in [-0.2, -0.15) is 5.10 Å². The van der Waals surface area contributed by atoms with Crippen molar-refractivity contribution < 1.29 is 4.74 Å². The van der Waals surface area contributed by atoms with Crippen molar-refractivity contribution in [1.82, 2.24) is 19.7 Å². The van der Waals surface area contributed by atoms with Crippen molar-refractivity contribution in [3.05, 3.63) is 60.8 Å². The molecule has 0 aliphatic carbocycles. The topological polar surface area (TPSA) is 64.9 Å². The Morgan fingerprint density at radius 3 is 2.71 bits per heavy atom. The third-order valence-corrected chi connectivity index (χ3v) is 3.00. The molecule has 0 aliphatic heterocycles. The summed E-state index contributed by atoms with van der Waals surface area (Å²) >= 11 is 0. The molecule has 6 nitrogen and oxygen atoms in total. The number of nitrogens with one attached hydrogen (secondary N) is 1. The van der Waals surface area contributed by atoms with E-state index < -0.39 is 0 Å². The Kier molecular flexibility index (Phi) is 3.77. The second-order valence-corrected chi connectivity index (χ2v) is 4.39. The van der Waals surface area contributed by atoms with Gasteiger partial charge < -0.3 is 10.1 Å². The maximum atomic E-state index is 5.15. The van der Waals surface area contributed by atoms with Crippen molar-refractivity contribution in [2.45, 2.75) is 6.54 Å². The van der Waals surface area contributed by atoms with Crippen LogP contribution in [0.3, 0.4) is 0 Å². The lowest BCUT2D eigenvalue weighted by molar-refractivity contribution is 0.414. The highest BCUT2D eigenvalue weighted by atomic mass is 16.5. The molecule has 0 unspecified atom stereocenters. The number of aromatic nitrogens is 4. The van der Waals surface area contributed by atoms with E-state index in [2.05, 4.69) is 20.4 Å². The number of anilines is 1. The molecule has 0 bridgehead atoms. The van der Waals surface area contributed by atoms with Gasteiger partial charge in [0.1, 0.15) is 11.6 Å². The van der Waals surface area contributed by atoms with E-state index in [1.165, 1.54) is 0 Å². The Balaban J connectivity index is 1.68. The van der Waals surface area contributed by atoms with E-state index in [0.29, 0.717) is 6.54 Å². The molecule has 0 amide bonds. The molecular weight excluding hydrogens is 266 g/mol. The second-order valence-electron chi connectivity index (χ2n) is 4.39. The lowest BCUT2D eigenvalue weighted by Gasteiger charge is -2.04. The van der Waals surface area contributed by atoms with E-state index in [4.69, 9.17) is 4.74 Å². The minimum Gasteiger partial charge on any atom is -0.497 e. The Morgan fingerprint density at radius 1 is 1.14 bits per heavy atom. The van der Waals surface area contributed by atoms with Gasteiger partial charge in [0.2, 0.25) is 0 Å². The standard InChI is InChI=1S/C15H15N5O/c1-21-14-4-2-13(3-5-14)20-9-6-12(19-20)10-18-15-11-16-7-8-17-15/h2-9,11H,10H2,1H3,(H,17,18). The molecule has 6 heteroatoms. The smallest absolute Gasteiger partial charge is 0.144 e. The first kappa shape index (κ1) is 13.1. The highest BCUT2D eigenvalue weighted by Gasteiger charge is 2.02. The molecule has 3 rings (SSSR count). The molecule has 1 N–H and O–H groups in total. The van der Waals surface area contributed by atoms with Crippen molar-refractivity contribution in [3.8, 4) is 11.4 Å². The maximum Gasteiger partial charge on any atom is 0.144 e. The summed E-state index contributed by atoms with van der Waals surface area (Å²) in [5.74, 6) is 1.56. The van der Waals surface area contributed by atoms with Gasteiger partial charge in [0.05, 0.1) is 31.2 Å². The van der Waals surface area contributed by atoms with Gasteiger partial charge in [0, 0.05) is 18.6 Å². The van der Waals surface area contributed by atoms with Gasteiger partial charge in [0.15, 0.2) is 0 Å². The molecule has 106 valence electrons. The van der Waals surface area contributed by atoms with Crippen molar-refractivity contribution in [1.29, 1.82) is 0 Å². The summed E-state index contributed by atoms with van der Waals surface area (Å²) in [4.78, 5) is 8.16. The molecule has 21 heavy (non-hydrogen) atoms. The van der Waals surface area contributed by atoms with Gasteiger partial charge >= 0.3 is 0 Å². The molecule has 2 aromatic heterocycles. The van der Waals surface area contributed by atoms with Crippen LogP contribution in [0.2, 0.25) is 0 Å². The number of hydrogen-bond acceptors (Lipinski definition) is 5. The summed E-state index contributed by atoms with van der Waals surface area (Å²) in [5.41, 5.74) is 1.91. The zero-order chi connectivity index (χ0) is 14.5. The van der Waals surface area contributed by atoms with Crippen LogP contribution in [0.4, 0.5) is 5.82 Å². The molecule has 0 atom stereocenters. The van der Waals surface area contributed by atoms with Crippen LogP contribution in [0.5, 0.6) is 5.75 Å². The second kappa shape index (κ2) is 6.04. The third kappa shape index (κ3) is 3.17. The molecule has 0 aliphatic rings. The lowest BCUT2D eigenvalue weighted by atomic mass is 10.3. The molecule has 3 aromatic rings. The molecule has 1 aromatic carbocycles. The molecule has 0 fully saturated rings. The first-order valence-electron chi connectivity index (χ1n) is 6.54. The fraction of sp³-hybridized carbons (Fsp3) is 0.133. The van der Waals surface area contributed by atoms with Crippen LogP contribution < -0.4 is 10.1 Å². The lowest BCUT2D eigenvalue weighted by Crippen LogP contribution is -2.03. The van der Waals surface area contributed by atoms with Crippen molar-refractivity contribution in [3.63, 3.8) is 0 Å². The Hall–Kier alpha value is -2.89. The normalized spacial score (nSPS) is 10.3. The number of nitrogens with zero attached hydrogens (tertiary/aromatic N) is 4. The average molecular weight is 281 g/mol. The van der Waals surface area contributed by atoms with E-state index in [0.717, 1.165) is 22.9 Å². The molecule has 2 heterocycles. The zero-order valence-electron chi connectivity index (χ0n) is 11.6. The number of ether oxygens (including phenoxy) is 1. The SMILES string of the molecule is COc1ccc(-n2ccc(CNc3cnccn3)n2)cc1. The van der Waals surface area contributed by atoms with Gasteiger partial charge in [-0.25, -0.2) is 9.67 Å². The highest BCUT2D eigenvalue weighted by molar-refractivity contribution is 5.37. The Labute approximate surface area is 122 Å². The number of rotatable bonds is 5. The van der Waals surface area contributed by atoms with E-state index in [9.17, 15) is 0 Å². The summed E-state index contributed by atoms with van der Waals surface area (Å²) in [6.45, 7) is 0.599. The number of methoxy groups -OCH3 is 1. The van der Waals surface area contributed by atoms with Gasteiger partial charge in [0.25, 0.3) is 0 Å². The van der Waals surface area contributed by atoms with Crippen LogP contribution in [0.15, 0.2) is 55.1 Å². The minimum atomic E-state index is 0.599. The molecule has 0 saturated heterocycles. The quantitative estimate of drug-likeness (QED) is 0.777.